The minimum absolute atomic E-state index is 0.0269. The fraction of sp³-hybridized carbons (Fsp3) is 0.312. The number of fused-ring (bicyclic) bond motifs is 1. The van der Waals surface area contributed by atoms with E-state index in [2.05, 4.69) is 20.3 Å². The number of benzene rings is 1. The quantitative estimate of drug-likeness (QED) is 0.534. The van der Waals surface area contributed by atoms with Gasteiger partial charge in [0.1, 0.15) is 11.8 Å². The highest BCUT2D eigenvalue weighted by atomic mass is 16.6. The fourth-order valence-corrected chi connectivity index (χ4v) is 3.27. The van der Waals surface area contributed by atoms with Crippen molar-refractivity contribution < 1.29 is 14.8 Å². The van der Waals surface area contributed by atoms with Gasteiger partial charge in [0.15, 0.2) is 0 Å². The Morgan fingerprint density at radius 2 is 1.89 bits per heavy atom. The highest BCUT2D eigenvalue weighted by molar-refractivity contribution is 5.78. The van der Waals surface area contributed by atoms with Crippen LogP contribution in [-0.4, -0.2) is 54.1 Å². The molecular weight excluding hydrogens is 354 g/mol. The van der Waals surface area contributed by atoms with E-state index in [-0.39, 0.29) is 17.3 Å². The maximum Gasteiger partial charge on any atom is 0.355 e. The number of hydrogen-bond donors (Lipinski definition) is 1. The molecular formula is C16H15N7O4. The average Bonchev–Trinajstić information content (AvgIpc) is 3.11. The number of carboxylic acids is 1. The van der Waals surface area contributed by atoms with E-state index >= 15 is 0 Å². The molecule has 1 N–H and O–H groups in total. The first-order valence-corrected chi connectivity index (χ1v) is 8.34. The molecule has 27 heavy (non-hydrogen) atoms. The first-order valence-electron chi connectivity index (χ1n) is 8.34. The monoisotopic (exact) mass is 369 g/mol. The summed E-state index contributed by atoms with van der Waals surface area (Å²) in [7, 11) is 0. The van der Waals surface area contributed by atoms with E-state index in [4.69, 9.17) is 5.11 Å². The van der Waals surface area contributed by atoms with Crippen LogP contribution >= 0.6 is 0 Å². The lowest BCUT2D eigenvalue weighted by atomic mass is 9.97. The van der Waals surface area contributed by atoms with Crippen molar-refractivity contribution >= 4 is 28.5 Å². The van der Waals surface area contributed by atoms with E-state index in [1.807, 2.05) is 0 Å². The van der Waals surface area contributed by atoms with Gasteiger partial charge < -0.3 is 10.0 Å². The Labute approximate surface area is 152 Å². The van der Waals surface area contributed by atoms with Crippen LogP contribution in [-0.2, 0) is 4.79 Å². The number of carbonyl (C=O) groups is 1. The number of anilines is 1. The molecule has 3 aromatic rings. The largest absolute Gasteiger partial charge is 0.481 e. The normalized spacial score (nSPS) is 15.2. The number of aliphatic carboxylic acids is 1. The van der Waals surface area contributed by atoms with Gasteiger partial charge in [-0.25, -0.2) is 9.97 Å². The van der Waals surface area contributed by atoms with Gasteiger partial charge in [0, 0.05) is 13.1 Å². The molecule has 1 aromatic carbocycles. The van der Waals surface area contributed by atoms with Gasteiger partial charge in [-0.3, -0.25) is 14.9 Å². The fourth-order valence-electron chi connectivity index (χ4n) is 3.27. The average molecular weight is 369 g/mol. The van der Waals surface area contributed by atoms with Gasteiger partial charge in [-0.15, -0.1) is 5.10 Å². The van der Waals surface area contributed by atoms with Crippen LogP contribution in [0.25, 0.3) is 16.9 Å². The maximum absolute atomic E-state index is 11.8. The van der Waals surface area contributed by atoms with Gasteiger partial charge in [-0.05, 0) is 25.0 Å². The van der Waals surface area contributed by atoms with Crippen molar-refractivity contribution in [3.8, 4) is 5.82 Å². The summed E-state index contributed by atoms with van der Waals surface area (Å²) in [5, 5.41) is 29.0. The SMILES string of the molecule is O=C(O)C1CCN(c2ncnc(-n3nnc4ccccc43)c2[N+](=O)[O-])CC1. The zero-order chi connectivity index (χ0) is 19.0. The summed E-state index contributed by atoms with van der Waals surface area (Å²) in [6.07, 6.45) is 2.05. The lowest BCUT2D eigenvalue weighted by molar-refractivity contribution is -0.384. The van der Waals surface area contributed by atoms with E-state index in [0.29, 0.717) is 37.0 Å². The third-order valence-electron chi connectivity index (χ3n) is 4.66. The van der Waals surface area contributed by atoms with Crippen molar-refractivity contribution in [2.24, 2.45) is 5.92 Å². The number of hydrogen-bond acceptors (Lipinski definition) is 8. The van der Waals surface area contributed by atoms with Crippen LogP contribution in [0.4, 0.5) is 11.5 Å². The molecule has 0 spiro atoms. The molecule has 1 saturated heterocycles. The van der Waals surface area contributed by atoms with Gasteiger partial charge in [-0.2, -0.15) is 4.68 Å². The molecule has 0 radical (unpaired) electrons. The number of aromatic nitrogens is 5. The third kappa shape index (κ3) is 2.92. The number of rotatable bonds is 4. The zero-order valence-electron chi connectivity index (χ0n) is 14.1. The number of carboxylic acid groups (broad SMARTS) is 1. The van der Waals surface area contributed by atoms with Gasteiger partial charge in [-0.1, -0.05) is 17.3 Å². The minimum Gasteiger partial charge on any atom is -0.481 e. The minimum atomic E-state index is -0.846. The van der Waals surface area contributed by atoms with Crippen molar-refractivity contribution in [3.63, 3.8) is 0 Å². The van der Waals surface area contributed by atoms with Crippen LogP contribution in [0.3, 0.4) is 0 Å². The molecule has 0 bridgehead atoms. The molecule has 11 nitrogen and oxygen atoms in total. The van der Waals surface area contributed by atoms with Gasteiger partial charge in [0.05, 0.1) is 16.4 Å². The summed E-state index contributed by atoms with van der Waals surface area (Å²) in [6, 6.07) is 7.09. The molecule has 0 amide bonds. The maximum atomic E-state index is 11.8. The van der Waals surface area contributed by atoms with E-state index in [0.717, 1.165) is 0 Å². The predicted molar refractivity (Wildman–Crippen MR) is 93.7 cm³/mol. The van der Waals surface area contributed by atoms with Crippen LogP contribution in [0.2, 0.25) is 0 Å². The van der Waals surface area contributed by atoms with Gasteiger partial charge in [0.2, 0.25) is 11.6 Å². The first-order chi connectivity index (χ1) is 13.1. The van der Waals surface area contributed by atoms with Crippen LogP contribution in [0.15, 0.2) is 30.6 Å². The van der Waals surface area contributed by atoms with Crippen LogP contribution in [0.1, 0.15) is 12.8 Å². The molecule has 138 valence electrons. The smallest absolute Gasteiger partial charge is 0.355 e. The lowest BCUT2D eigenvalue weighted by Gasteiger charge is -2.30. The molecule has 4 rings (SSSR count). The Morgan fingerprint density at radius 3 is 2.59 bits per heavy atom. The molecule has 2 aromatic heterocycles. The summed E-state index contributed by atoms with van der Waals surface area (Å²) >= 11 is 0. The summed E-state index contributed by atoms with van der Waals surface area (Å²) in [6.45, 7) is 0.735. The number of nitro groups is 1. The second-order valence-electron chi connectivity index (χ2n) is 6.22. The van der Waals surface area contributed by atoms with Crippen molar-refractivity contribution in [1.82, 2.24) is 25.0 Å². The molecule has 0 unspecified atom stereocenters. The zero-order valence-corrected chi connectivity index (χ0v) is 14.1. The summed E-state index contributed by atoms with van der Waals surface area (Å²) < 4.78 is 1.32. The highest BCUT2D eigenvalue weighted by Gasteiger charge is 2.32. The van der Waals surface area contributed by atoms with E-state index in [1.165, 1.54) is 11.0 Å². The van der Waals surface area contributed by atoms with Crippen molar-refractivity contribution in [3.05, 3.63) is 40.7 Å². The molecule has 0 aliphatic carbocycles. The topological polar surface area (TPSA) is 140 Å². The Bertz CT molecular complexity index is 1030. The molecule has 1 aliphatic heterocycles. The Kier molecular flexibility index (Phi) is 4.11. The number of para-hydroxylation sites is 1. The van der Waals surface area contributed by atoms with Gasteiger partial charge in [0.25, 0.3) is 0 Å². The summed E-state index contributed by atoms with van der Waals surface area (Å²) in [4.78, 5) is 32.3. The van der Waals surface area contributed by atoms with Crippen LogP contribution < -0.4 is 4.90 Å². The summed E-state index contributed by atoms with van der Waals surface area (Å²) in [5.41, 5.74) is 0.908. The predicted octanol–water partition coefficient (Wildman–Crippen LogP) is 1.42. The van der Waals surface area contributed by atoms with E-state index in [9.17, 15) is 14.9 Å². The molecule has 3 heterocycles. The van der Waals surface area contributed by atoms with Crippen molar-refractivity contribution in [1.29, 1.82) is 0 Å². The molecule has 1 aliphatic rings. The third-order valence-corrected chi connectivity index (χ3v) is 4.66. The van der Waals surface area contributed by atoms with E-state index < -0.39 is 16.8 Å². The van der Waals surface area contributed by atoms with Crippen molar-refractivity contribution in [2.75, 3.05) is 18.0 Å². The molecule has 11 heteroatoms. The molecule has 0 saturated carbocycles. The number of piperidine rings is 1. The Hall–Kier alpha value is -3.63. The highest BCUT2D eigenvalue weighted by Crippen LogP contribution is 2.33. The van der Waals surface area contributed by atoms with E-state index in [1.54, 1.807) is 29.2 Å². The summed E-state index contributed by atoms with van der Waals surface area (Å²) in [5.74, 6) is -1.10. The lowest BCUT2D eigenvalue weighted by Crippen LogP contribution is -2.37. The Morgan fingerprint density at radius 1 is 1.19 bits per heavy atom. The molecule has 0 atom stereocenters. The molecule has 1 fully saturated rings. The standard InChI is InChI=1S/C16H15N7O4/c24-16(25)10-5-7-21(8-6-10)14-13(23(26)27)15(18-9-17-14)22-12-4-2-1-3-11(12)19-20-22/h1-4,9-10H,5-8H2,(H,24,25). The second-order valence-corrected chi connectivity index (χ2v) is 6.22. The van der Waals surface area contributed by atoms with Crippen molar-refractivity contribution in [2.45, 2.75) is 12.8 Å². The Balaban J connectivity index is 1.78. The van der Waals surface area contributed by atoms with Crippen LogP contribution in [0.5, 0.6) is 0 Å². The second kappa shape index (κ2) is 6.59. The first kappa shape index (κ1) is 16.8. The number of nitrogens with zero attached hydrogens (tertiary/aromatic N) is 7. The van der Waals surface area contributed by atoms with Crippen LogP contribution in [0, 0.1) is 16.0 Å². The van der Waals surface area contributed by atoms with Gasteiger partial charge >= 0.3 is 11.7 Å².